The van der Waals surface area contributed by atoms with Crippen LogP contribution < -0.4 is 10.2 Å². The molecule has 0 saturated carbocycles. The van der Waals surface area contributed by atoms with Gasteiger partial charge < -0.3 is 15.1 Å². The summed E-state index contributed by atoms with van der Waals surface area (Å²) in [5.41, 5.74) is 1.90. The van der Waals surface area contributed by atoms with E-state index in [9.17, 15) is 13.6 Å². The maximum Gasteiger partial charge on any atom is 0.317 e. The zero-order valence-electron chi connectivity index (χ0n) is 14.7. The van der Waals surface area contributed by atoms with Gasteiger partial charge >= 0.3 is 6.03 Å². The van der Waals surface area contributed by atoms with Crippen LogP contribution >= 0.6 is 0 Å². The van der Waals surface area contributed by atoms with Crippen molar-refractivity contribution in [2.75, 3.05) is 25.5 Å². The van der Waals surface area contributed by atoms with E-state index in [1.165, 1.54) is 18.2 Å². The molecule has 0 atom stereocenters. The highest BCUT2D eigenvalue weighted by Crippen LogP contribution is 2.18. The van der Waals surface area contributed by atoms with Gasteiger partial charge in [0.1, 0.15) is 11.6 Å². The Balaban J connectivity index is 1.97. The molecule has 0 heterocycles. The van der Waals surface area contributed by atoms with E-state index in [0.717, 1.165) is 5.56 Å². The molecule has 25 heavy (non-hydrogen) atoms. The monoisotopic (exact) mass is 347 g/mol. The summed E-state index contributed by atoms with van der Waals surface area (Å²) < 4.78 is 27.2. The molecule has 2 rings (SSSR count). The highest BCUT2D eigenvalue weighted by atomic mass is 19.1. The fourth-order valence-electron chi connectivity index (χ4n) is 2.50. The van der Waals surface area contributed by atoms with Crippen molar-refractivity contribution in [2.24, 2.45) is 0 Å². The Kier molecular flexibility index (Phi) is 6.33. The van der Waals surface area contributed by atoms with E-state index in [1.54, 1.807) is 48.2 Å². The predicted molar refractivity (Wildman–Crippen MR) is 95.4 cm³/mol. The summed E-state index contributed by atoms with van der Waals surface area (Å²) in [6, 6.07) is 10.8. The van der Waals surface area contributed by atoms with Gasteiger partial charge in [-0.1, -0.05) is 18.2 Å². The Labute approximate surface area is 147 Å². The first-order valence-electron chi connectivity index (χ1n) is 8.13. The van der Waals surface area contributed by atoms with Gasteiger partial charge in [-0.3, -0.25) is 0 Å². The number of carbonyl (C=O) groups excluding carboxylic acids is 1. The fourth-order valence-corrected chi connectivity index (χ4v) is 2.50. The van der Waals surface area contributed by atoms with Crippen LogP contribution in [0, 0.1) is 11.6 Å². The van der Waals surface area contributed by atoms with Crippen LogP contribution in [0.2, 0.25) is 0 Å². The first-order valence-corrected chi connectivity index (χ1v) is 8.13. The molecule has 0 fully saturated rings. The number of carbonyl (C=O) groups is 1. The molecule has 0 aliphatic heterocycles. The van der Waals surface area contributed by atoms with Gasteiger partial charge in [-0.15, -0.1) is 0 Å². The number of amides is 2. The number of anilines is 1. The lowest BCUT2D eigenvalue weighted by Crippen LogP contribution is -2.39. The summed E-state index contributed by atoms with van der Waals surface area (Å²) in [5.74, 6) is -0.658. The van der Waals surface area contributed by atoms with Gasteiger partial charge in [0.2, 0.25) is 0 Å². The summed E-state index contributed by atoms with van der Waals surface area (Å²) >= 11 is 0. The quantitative estimate of drug-likeness (QED) is 0.864. The van der Waals surface area contributed by atoms with Crippen molar-refractivity contribution in [2.45, 2.75) is 20.0 Å². The van der Waals surface area contributed by atoms with E-state index in [4.69, 9.17) is 0 Å². The summed E-state index contributed by atoms with van der Waals surface area (Å²) in [4.78, 5) is 15.6. The van der Waals surface area contributed by atoms with Crippen molar-refractivity contribution in [1.82, 2.24) is 10.2 Å². The van der Waals surface area contributed by atoms with E-state index in [1.807, 2.05) is 6.92 Å². The Bertz CT molecular complexity index is 734. The van der Waals surface area contributed by atoms with Crippen LogP contribution in [0.4, 0.5) is 19.3 Å². The highest BCUT2D eigenvalue weighted by Gasteiger charge is 2.13. The van der Waals surface area contributed by atoms with E-state index in [2.05, 4.69) is 5.32 Å². The standard InChI is InChI=1S/C19H23F2N3O/c1-4-24(13-15-6-5-7-16(20)10-15)19(25)22-12-14-8-9-18(23(2)3)17(21)11-14/h5-11H,4,12-13H2,1-3H3,(H,22,25). The number of urea groups is 1. The third kappa shape index (κ3) is 5.17. The largest absolute Gasteiger partial charge is 0.375 e. The molecule has 0 aromatic heterocycles. The van der Waals surface area contributed by atoms with Gasteiger partial charge in [-0.25, -0.2) is 13.6 Å². The van der Waals surface area contributed by atoms with E-state index < -0.39 is 0 Å². The molecule has 6 heteroatoms. The molecule has 0 radical (unpaired) electrons. The summed E-state index contributed by atoms with van der Waals surface area (Å²) in [7, 11) is 3.54. The molecular weight excluding hydrogens is 324 g/mol. The van der Waals surface area contributed by atoms with Crippen molar-refractivity contribution in [3.05, 3.63) is 65.2 Å². The first-order chi connectivity index (χ1) is 11.9. The molecule has 0 spiro atoms. The minimum absolute atomic E-state index is 0.225. The molecule has 2 aromatic carbocycles. The van der Waals surface area contributed by atoms with Crippen molar-refractivity contribution in [3.8, 4) is 0 Å². The molecule has 4 nitrogen and oxygen atoms in total. The van der Waals surface area contributed by atoms with E-state index >= 15 is 0 Å². The average molecular weight is 347 g/mol. The summed E-state index contributed by atoms with van der Waals surface area (Å²) in [6.45, 7) is 2.87. The number of nitrogens with zero attached hydrogens (tertiary/aromatic N) is 2. The van der Waals surface area contributed by atoms with Crippen molar-refractivity contribution >= 4 is 11.7 Å². The molecule has 134 valence electrons. The van der Waals surface area contributed by atoms with Crippen LogP contribution in [0.25, 0.3) is 0 Å². The second-order valence-electron chi connectivity index (χ2n) is 5.98. The molecule has 2 aromatic rings. The number of benzene rings is 2. The Morgan fingerprint density at radius 2 is 1.84 bits per heavy atom. The van der Waals surface area contributed by atoms with Crippen LogP contribution in [0.3, 0.4) is 0 Å². The second-order valence-corrected chi connectivity index (χ2v) is 5.98. The van der Waals surface area contributed by atoms with E-state index in [-0.39, 0.29) is 24.2 Å². The average Bonchev–Trinajstić information content (AvgIpc) is 2.57. The lowest BCUT2D eigenvalue weighted by Gasteiger charge is -2.22. The number of rotatable bonds is 6. The number of nitrogens with one attached hydrogen (secondary N) is 1. The number of hydrogen-bond donors (Lipinski definition) is 1. The zero-order chi connectivity index (χ0) is 18.4. The van der Waals surface area contributed by atoms with Crippen molar-refractivity contribution in [3.63, 3.8) is 0 Å². The molecule has 0 unspecified atom stereocenters. The topological polar surface area (TPSA) is 35.6 Å². The summed E-state index contributed by atoms with van der Waals surface area (Å²) in [5, 5.41) is 2.77. The third-order valence-electron chi connectivity index (χ3n) is 3.87. The maximum atomic E-state index is 14.0. The van der Waals surface area contributed by atoms with Gasteiger partial charge in [0.15, 0.2) is 0 Å². The van der Waals surface area contributed by atoms with Crippen LogP contribution in [-0.2, 0) is 13.1 Å². The SMILES string of the molecule is CCN(Cc1cccc(F)c1)C(=O)NCc1ccc(N(C)C)c(F)c1. The predicted octanol–water partition coefficient (Wildman–Crippen LogP) is 3.76. The number of halogens is 2. The third-order valence-corrected chi connectivity index (χ3v) is 3.87. The fraction of sp³-hybridized carbons (Fsp3) is 0.316. The molecule has 0 aliphatic rings. The van der Waals surface area contributed by atoms with Gasteiger partial charge in [0.25, 0.3) is 0 Å². The van der Waals surface area contributed by atoms with Crippen molar-refractivity contribution < 1.29 is 13.6 Å². The summed E-state index contributed by atoms with van der Waals surface area (Å²) in [6.07, 6.45) is 0. The van der Waals surface area contributed by atoms with Gasteiger partial charge in [0, 0.05) is 33.7 Å². The van der Waals surface area contributed by atoms with Gasteiger partial charge in [-0.2, -0.15) is 0 Å². The van der Waals surface area contributed by atoms with E-state index in [0.29, 0.717) is 24.3 Å². The molecule has 1 N–H and O–H groups in total. The molecule has 0 saturated heterocycles. The van der Waals surface area contributed by atoms with Gasteiger partial charge in [0.05, 0.1) is 5.69 Å². The Morgan fingerprint density at radius 3 is 2.44 bits per heavy atom. The van der Waals surface area contributed by atoms with Crippen molar-refractivity contribution in [1.29, 1.82) is 0 Å². The van der Waals surface area contributed by atoms with Crippen LogP contribution in [0.5, 0.6) is 0 Å². The molecule has 0 bridgehead atoms. The number of hydrogen-bond acceptors (Lipinski definition) is 2. The first kappa shape index (κ1) is 18.7. The lowest BCUT2D eigenvalue weighted by molar-refractivity contribution is 0.197. The van der Waals surface area contributed by atoms with Crippen LogP contribution in [0.1, 0.15) is 18.1 Å². The molecule has 0 aliphatic carbocycles. The molecular formula is C19H23F2N3O. The lowest BCUT2D eigenvalue weighted by atomic mass is 10.2. The molecule has 2 amide bonds. The minimum atomic E-state index is -0.330. The maximum absolute atomic E-state index is 14.0. The zero-order valence-corrected chi connectivity index (χ0v) is 14.7. The highest BCUT2D eigenvalue weighted by molar-refractivity contribution is 5.74. The Morgan fingerprint density at radius 1 is 1.08 bits per heavy atom. The smallest absolute Gasteiger partial charge is 0.317 e. The van der Waals surface area contributed by atoms with Gasteiger partial charge in [-0.05, 0) is 42.3 Å². The second kappa shape index (κ2) is 8.46. The Hall–Kier alpha value is -2.63. The van der Waals surface area contributed by atoms with Crippen LogP contribution in [-0.4, -0.2) is 31.6 Å². The minimum Gasteiger partial charge on any atom is -0.375 e. The van der Waals surface area contributed by atoms with Crippen LogP contribution in [0.15, 0.2) is 42.5 Å². The normalized spacial score (nSPS) is 10.4.